The summed E-state index contributed by atoms with van der Waals surface area (Å²) in [5.74, 6) is -1.17. The monoisotopic (exact) mass is 554 g/mol. The van der Waals surface area contributed by atoms with Gasteiger partial charge >= 0.3 is 0 Å². The number of anilines is 1. The highest BCUT2D eigenvalue weighted by Gasteiger charge is 2.70. The van der Waals surface area contributed by atoms with Crippen LogP contribution < -0.4 is 10.1 Å². The number of amides is 1. The van der Waals surface area contributed by atoms with Crippen molar-refractivity contribution in [2.24, 2.45) is 5.92 Å². The molecule has 3 aliphatic rings. The minimum atomic E-state index is -1.36. The van der Waals surface area contributed by atoms with Crippen LogP contribution in [0.4, 0.5) is 5.69 Å². The Bertz CT molecular complexity index is 1750. The number of ketones is 2. The van der Waals surface area contributed by atoms with Gasteiger partial charge in [-0.05, 0) is 47.4 Å². The number of nitrogens with one attached hydrogen (secondary N) is 1. The normalized spacial score (nSPS) is 23.2. The average Bonchev–Trinajstić information content (AvgIpc) is 3.52. The number of fused-ring (bicyclic) bond motifs is 6. The molecule has 4 aromatic carbocycles. The predicted molar refractivity (Wildman–Crippen MR) is 161 cm³/mol. The summed E-state index contributed by atoms with van der Waals surface area (Å²) in [6, 6.07) is 30.1. The molecule has 0 bridgehead atoms. The third kappa shape index (κ3) is 3.75. The molecule has 0 aliphatic carbocycles. The Labute approximate surface area is 244 Å². The number of nitrogens with zero attached hydrogens (tertiary/aromatic N) is 1. The smallest absolute Gasteiger partial charge is 0.238 e. The Balaban J connectivity index is 1.50. The molecule has 4 aromatic rings. The molecule has 1 fully saturated rings. The van der Waals surface area contributed by atoms with E-state index in [-0.39, 0.29) is 17.5 Å². The number of para-hydroxylation sites is 1. The summed E-state index contributed by atoms with van der Waals surface area (Å²) in [6.07, 6.45) is 4.69. The van der Waals surface area contributed by atoms with Crippen LogP contribution in [0.15, 0.2) is 109 Å². The van der Waals surface area contributed by atoms with Crippen LogP contribution in [-0.4, -0.2) is 35.0 Å². The largest absolute Gasteiger partial charge is 0.494 e. The van der Waals surface area contributed by atoms with Crippen molar-refractivity contribution in [3.05, 3.63) is 137 Å². The Morgan fingerprint density at radius 2 is 1.60 bits per heavy atom. The summed E-state index contributed by atoms with van der Waals surface area (Å²) in [5, 5.41) is 3.09. The Morgan fingerprint density at radius 3 is 2.43 bits per heavy atom. The highest BCUT2D eigenvalue weighted by atomic mass is 16.5. The first-order chi connectivity index (χ1) is 20.6. The van der Waals surface area contributed by atoms with Crippen LogP contribution in [0, 0.1) is 5.92 Å². The lowest BCUT2D eigenvalue weighted by Crippen LogP contribution is -2.49. The third-order valence-corrected chi connectivity index (χ3v) is 8.77. The van der Waals surface area contributed by atoms with Gasteiger partial charge < -0.3 is 15.0 Å². The predicted octanol–water partition coefficient (Wildman–Crippen LogP) is 6.46. The van der Waals surface area contributed by atoms with E-state index in [1.54, 1.807) is 30.3 Å². The fraction of sp³-hybridized carbons (Fsp3) is 0.194. The maximum atomic E-state index is 15.0. The van der Waals surface area contributed by atoms with Crippen LogP contribution in [0.5, 0.6) is 5.75 Å². The van der Waals surface area contributed by atoms with Gasteiger partial charge in [-0.1, -0.05) is 91.9 Å². The SMILES string of the molecule is CCCOc1cccc(C(=O)[C@@H]2[C@H](C(=O)c3ccccc3)N3C=Cc4ccccc4[C@@H]3[C@@]23C(=O)Nc2ccccc23)c1. The van der Waals surface area contributed by atoms with Gasteiger partial charge in [-0.3, -0.25) is 14.4 Å². The summed E-state index contributed by atoms with van der Waals surface area (Å²) in [6.45, 7) is 2.54. The first kappa shape index (κ1) is 26.0. The molecule has 7 rings (SSSR count). The molecule has 6 nitrogen and oxygen atoms in total. The lowest BCUT2D eigenvalue weighted by atomic mass is 9.62. The van der Waals surface area contributed by atoms with E-state index < -0.39 is 23.4 Å². The number of hydrogen-bond acceptors (Lipinski definition) is 5. The second kappa shape index (κ2) is 10.1. The van der Waals surface area contributed by atoms with Gasteiger partial charge in [-0.25, -0.2) is 0 Å². The highest BCUT2D eigenvalue weighted by molar-refractivity contribution is 6.16. The first-order valence-corrected chi connectivity index (χ1v) is 14.4. The number of hydrogen-bond donors (Lipinski definition) is 1. The molecule has 42 heavy (non-hydrogen) atoms. The summed E-state index contributed by atoms with van der Waals surface area (Å²) in [4.78, 5) is 46.0. The number of rotatable bonds is 7. The van der Waals surface area contributed by atoms with E-state index in [0.717, 1.165) is 23.1 Å². The Kier molecular flexibility index (Phi) is 6.27. The van der Waals surface area contributed by atoms with E-state index in [9.17, 15) is 14.4 Å². The van der Waals surface area contributed by atoms with Crippen LogP contribution >= 0.6 is 0 Å². The molecule has 0 aromatic heterocycles. The van der Waals surface area contributed by atoms with E-state index in [1.807, 2.05) is 96.9 Å². The van der Waals surface area contributed by atoms with Gasteiger partial charge in [0.15, 0.2) is 11.6 Å². The Hall–Kier alpha value is -4.97. The van der Waals surface area contributed by atoms with E-state index in [4.69, 9.17) is 4.74 Å². The number of carbonyl (C=O) groups is 3. The lowest BCUT2D eigenvalue weighted by molar-refractivity contribution is -0.122. The zero-order valence-electron chi connectivity index (χ0n) is 23.2. The van der Waals surface area contributed by atoms with Crippen molar-refractivity contribution < 1.29 is 19.1 Å². The van der Waals surface area contributed by atoms with Gasteiger partial charge in [0.2, 0.25) is 5.91 Å². The lowest BCUT2D eigenvalue weighted by Gasteiger charge is -2.38. The van der Waals surface area contributed by atoms with E-state index >= 15 is 0 Å². The quantitative estimate of drug-likeness (QED) is 0.266. The zero-order chi connectivity index (χ0) is 28.8. The first-order valence-electron chi connectivity index (χ1n) is 14.4. The van der Waals surface area contributed by atoms with Gasteiger partial charge in [0.05, 0.1) is 18.6 Å². The molecular formula is C36H30N2O4. The molecule has 6 heteroatoms. The topological polar surface area (TPSA) is 75.7 Å². The van der Waals surface area contributed by atoms with Gasteiger partial charge in [0.25, 0.3) is 0 Å². The Morgan fingerprint density at radius 1 is 0.857 bits per heavy atom. The van der Waals surface area contributed by atoms with Crippen molar-refractivity contribution in [3.8, 4) is 5.75 Å². The molecule has 0 radical (unpaired) electrons. The fourth-order valence-corrected chi connectivity index (χ4v) is 7.08. The molecule has 3 heterocycles. The molecule has 0 saturated carbocycles. The number of ether oxygens (including phenoxy) is 1. The van der Waals surface area contributed by atoms with Gasteiger partial charge in [-0.15, -0.1) is 0 Å². The standard InChI is InChI=1S/C36H30N2O4/c1-2-21-42-26-15-10-14-25(22-26)32(39)30-31(33(40)24-12-4-3-5-13-24)38-20-19-23-11-6-7-16-27(23)34(38)36(30)28-17-8-9-18-29(28)37-35(36)41/h3-20,22,30-31,34H,2,21H2,1H3,(H,37,41)/t30-,31+,34+,36-/m0/s1. The van der Waals surface area contributed by atoms with E-state index in [2.05, 4.69) is 5.32 Å². The summed E-state index contributed by atoms with van der Waals surface area (Å²) < 4.78 is 5.87. The zero-order valence-corrected chi connectivity index (χ0v) is 23.2. The molecule has 1 saturated heterocycles. The average molecular weight is 555 g/mol. The molecular weight excluding hydrogens is 524 g/mol. The van der Waals surface area contributed by atoms with Crippen molar-refractivity contribution in [2.45, 2.75) is 30.8 Å². The van der Waals surface area contributed by atoms with Crippen LogP contribution in [0.1, 0.15) is 56.8 Å². The minimum absolute atomic E-state index is 0.199. The van der Waals surface area contributed by atoms with E-state index in [0.29, 0.717) is 29.2 Å². The van der Waals surface area contributed by atoms with Crippen LogP contribution in [0.25, 0.3) is 6.08 Å². The van der Waals surface area contributed by atoms with Crippen molar-refractivity contribution in [1.29, 1.82) is 0 Å². The molecule has 3 aliphatic heterocycles. The van der Waals surface area contributed by atoms with E-state index in [1.165, 1.54) is 0 Å². The second-order valence-electron chi connectivity index (χ2n) is 11.1. The number of Topliss-reactive ketones (excluding diaryl/α,β-unsaturated/α-hetero) is 2. The maximum absolute atomic E-state index is 15.0. The molecule has 4 atom stereocenters. The maximum Gasteiger partial charge on any atom is 0.238 e. The number of carbonyl (C=O) groups excluding carboxylic acids is 3. The molecule has 1 spiro atoms. The van der Waals surface area contributed by atoms with Crippen LogP contribution in [0.2, 0.25) is 0 Å². The number of benzene rings is 4. The van der Waals surface area contributed by atoms with Gasteiger partial charge in [0, 0.05) is 23.0 Å². The van der Waals surface area contributed by atoms with Gasteiger partial charge in [0.1, 0.15) is 17.2 Å². The van der Waals surface area contributed by atoms with Crippen molar-refractivity contribution in [1.82, 2.24) is 4.90 Å². The van der Waals surface area contributed by atoms with Gasteiger partial charge in [-0.2, -0.15) is 0 Å². The van der Waals surface area contributed by atoms with Crippen molar-refractivity contribution >= 4 is 29.2 Å². The summed E-state index contributed by atoms with van der Waals surface area (Å²) >= 11 is 0. The summed E-state index contributed by atoms with van der Waals surface area (Å²) in [5.41, 5.74) is 2.82. The van der Waals surface area contributed by atoms with Crippen LogP contribution in [-0.2, 0) is 10.2 Å². The molecule has 208 valence electrons. The third-order valence-electron chi connectivity index (χ3n) is 8.77. The second-order valence-corrected chi connectivity index (χ2v) is 11.1. The van der Waals surface area contributed by atoms with Crippen LogP contribution in [0.3, 0.4) is 0 Å². The molecule has 1 N–H and O–H groups in total. The highest BCUT2D eigenvalue weighted by Crippen LogP contribution is 2.62. The minimum Gasteiger partial charge on any atom is -0.494 e. The molecule has 0 unspecified atom stereocenters. The fourth-order valence-electron chi connectivity index (χ4n) is 7.08. The molecule has 1 amide bonds. The van der Waals surface area contributed by atoms with Crippen molar-refractivity contribution in [3.63, 3.8) is 0 Å². The summed E-state index contributed by atoms with van der Waals surface area (Å²) in [7, 11) is 0. The van der Waals surface area contributed by atoms with Crippen molar-refractivity contribution in [2.75, 3.05) is 11.9 Å².